The van der Waals surface area contributed by atoms with Gasteiger partial charge in [0.05, 0.1) is 27.0 Å². The fourth-order valence-corrected chi connectivity index (χ4v) is 2.79. The summed E-state index contributed by atoms with van der Waals surface area (Å²) in [4.78, 5) is 13.1. The number of anilines is 1. The molecule has 0 aliphatic carbocycles. The zero-order valence-electron chi connectivity index (χ0n) is 16.5. The molecule has 0 saturated carbocycles. The molecule has 1 atom stereocenters. The molecule has 3 aromatic carbocycles. The van der Waals surface area contributed by atoms with Crippen molar-refractivity contribution in [1.82, 2.24) is 0 Å². The molecule has 1 N–H and O–H groups in total. The predicted molar refractivity (Wildman–Crippen MR) is 111 cm³/mol. The maximum Gasteiger partial charge on any atom is 0.270 e. The van der Waals surface area contributed by atoms with E-state index in [9.17, 15) is 4.79 Å². The highest BCUT2D eigenvalue weighted by Gasteiger charge is 2.24. The van der Waals surface area contributed by atoms with Gasteiger partial charge in [-0.15, -0.1) is 0 Å². The lowest BCUT2D eigenvalue weighted by atomic mass is 10.1. The normalized spacial score (nSPS) is 11.3. The Morgan fingerprint density at radius 2 is 1.38 bits per heavy atom. The van der Waals surface area contributed by atoms with Crippen LogP contribution in [0.4, 0.5) is 5.69 Å². The summed E-state index contributed by atoms with van der Waals surface area (Å²) >= 11 is 0. The fraction of sp³-hybridized carbons (Fsp3) is 0.174. The lowest BCUT2D eigenvalue weighted by Gasteiger charge is -2.20. The zero-order valence-corrected chi connectivity index (χ0v) is 16.5. The van der Waals surface area contributed by atoms with Crippen LogP contribution in [0.1, 0.15) is 11.7 Å². The Morgan fingerprint density at radius 3 is 2.00 bits per heavy atom. The summed E-state index contributed by atoms with van der Waals surface area (Å²) in [6, 6.07) is 21.6. The highest BCUT2D eigenvalue weighted by atomic mass is 16.5. The summed E-state index contributed by atoms with van der Waals surface area (Å²) in [7, 11) is 4.70. The minimum atomic E-state index is -0.851. The van der Waals surface area contributed by atoms with Gasteiger partial charge in [-0.3, -0.25) is 4.79 Å². The fourth-order valence-electron chi connectivity index (χ4n) is 2.79. The van der Waals surface area contributed by atoms with Gasteiger partial charge in [0.1, 0.15) is 23.0 Å². The number of amides is 1. The molecule has 1 unspecified atom stereocenters. The molecule has 6 nitrogen and oxygen atoms in total. The molecule has 3 aromatic rings. The van der Waals surface area contributed by atoms with Gasteiger partial charge in [-0.05, 0) is 36.4 Å². The Hall–Kier alpha value is -3.67. The van der Waals surface area contributed by atoms with Gasteiger partial charge in [0.25, 0.3) is 5.91 Å². The molecule has 29 heavy (non-hydrogen) atoms. The first-order valence-corrected chi connectivity index (χ1v) is 9.03. The summed E-state index contributed by atoms with van der Waals surface area (Å²) in [5, 5.41) is 2.88. The predicted octanol–water partition coefficient (Wildman–Crippen LogP) is 4.47. The van der Waals surface area contributed by atoms with Crippen LogP contribution in [-0.2, 0) is 4.79 Å². The average Bonchev–Trinajstić information content (AvgIpc) is 2.78. The molecule has 0 bridgehead atoms. The van der Waals surface area contributed by atoms with Gasteiger partial charge in [0.15, 0.2) is 0 Å². The number of rotatable bonds is 8. The van der Waals surface area contributed by atoms with E-state index >= 15 is 0 Å². The highest BCUT2D eigenvalue weighted by Crippen LogP contribution is 2.31. The second-order valence-electron chi connectivity index (χ2n) is 6.14. The van der Waals surface area contributed by atoms with Crippen molar-refractivity contribution >= 4 is 11.6 Å². The minimum absolute atomic E-state index is 0.324. The van der Waals surface area contributed by atoms with E-state index in [2.05, 4.69) is 5.32 Å². The van der Waals surface area contributed by atoms with Crippen LogP contribution in [0.5, 0.6) is 23.0 Å². The van der Waals surface area contributed by atoms with Crippen molar-refractivity contribution in [3.63, 3.8) is 0 Å². The van der Waals surface area contributed by atoms with E-state index in [1.165, 1.54) is 7.11 Å². The maximum absolute atomic E-state index is 13.1. The van der Waals surface area contributed by atoms with Crippen LogP contribution < -0.4 is 24.3 Å². The maximum atomic E-state index is 13.1. The number of hydrogen-bond donors (Lipinski definition) is 1. The van der Waals surface area contributed by atoms with E-state index < -0.39 is 6.10 Å². The first-order valence-electron chi connectivity index (χ1n) is 9.03. The van der Waals surface area contributed by atoms with Crippen LogP contribution in [0, 0.1) is 0 Å². The molecule has 0 saturated heterocycles. The van der Waals surface area contributed by atoms with Crippen LogP contribution in [-0.4, -0.2) is 27.2 Å². The van der Waals surface area contributed by atoms with Crippen LogP contribution in [0.15, 0.2) is 72.8 Å². The first kappa shape index (κ1) is 20.1. The molecule has 0 heterocycles. The number of ether oxygens (including phenoxy) is 4. The van der Waals surface area contributed by atoms with Gasteiger partial charge in [-0.25, -0.2) is 0 Å². The number of methoxy groups -OCH3 is 3. The first-order chi connectivity index (χ1) is 14.1. The summed E-state index contributed by atoms with van der Waals surface area (Å²) in [5.41, 5.74) is 1.26. The summed E-state index contributed by atoms with van der Waals surface area (Å²) in [5.74, 6) is 2.07. The Balaban J connectivity index is 1.86. The molecule has 150 valence electrons. The lowest BCUT2D eigenvalue weighted by molar-refractivity contribution is -0.123. The Bertz CT molecular complexity index is 941. The molecule has 0 aromatic heterocycles. The van der Waals surface area contributed by atoms with Gasteiger partial charge < -0.3 is 24.3 Å². The number of nitrogens with one attached hydrogen (secondary N) is 1. The molecule has 0 aliphatic rings. The Kier molecular flexibility index (Phi) is 6.58. The smallest absolute Gasteiger partial charge is 0.270 e. The lowest BCUT2D eigenvalue weighted by Crippen LogP contribution is -2.26. The number of hydrogen-bond acceptors (Lipinski definition) is 5. The van der Waals surface area contributed by atoms with Crippen molar-refractivity contribution in [2.45, 2.75) is 6.10 Å². The second-order valence-corrected chi connectivity index (χ2v) is 6.14. The highest BCUT2D eigenvalue weighted by molar-refractivity contribution is 5.96. The molecule has 0 aliphatic heterocycles. The van der Waals surface area contributed by atoms with Gasteiger partial charge in [0, 0.05) is 11.6 Å². The average molecular weight is 393 g/mol. The van der Waals surface area contributed by atoms with E-state index in [1.807, 2.05) is 30.3 Å². The second kappa shape index (κ2) is 9.50. The van der Waals surface area contributed by atoms with Crippen LogP contribution in [0.25, 0.3) is 0 Å². The summed E-state index contributed by atoms with van der Waals surface area (Å²) < 4.78 is 21.8. The van der Waals surface area contributed by atoms with Crippen molar-refractivity contribution in [2.24, 2.45) is 0 Å². The van der Waals surface area contributed by atoms with Gasteiger partial charge in [-0.2, -0.15) is 0 Å². The van der Waals surface area contributed by atoms with Crippen molar-refractivity contribution in [2.75, 3.05) is 26.6 Å². The molecule has 1 amide bonds. The van der Waals surface area contributed by atoms with Gasteiger partial charge in [-0.1, -0.05) is 30.3 Å². The van der Waals surface area contributed by atoms with Crippen molar-refractivity contribution in [1.29, 1.82) is 0 Å². The number of carbonyl (C=O) groups excluding carboxylic acids is 1. The number of carbonyl (C=O) groups is 1. The zero-order chi connectivity index (χ0) is 20.6. The molecule has 0 radical (unpaired) electrons. The van der Waals surface area contributed by atoms with Crippen molar-refractivity contribution < 1.29 is 23.7 Å². The van der Waals surface area contributed by atoms with Gasteiger partial charge >= 0.3 is 0 Å². The third kappa shape index (κ3) is 4.99. The molecular weight excluding hydrogens is 370 g/mol. The Labute approximate surface area is 170 Å². The topological polar surface area (TPSA) is 66.0 Å². The summed E-state index contributed by atoms with van der Waals surface area (Å²) in [6.45, 7) is 0. The van der Waals surface area contributed by atoms with Crippen molar-refractivity contribution in [3.8, 4) is 23.0 Å². The van der Waals surface area contributed by atoms with Crippen LogP contribution in [0.2, 0.25) is 0 Å². The van der Waals surface area contributed by atoms with E-state index in [1.54, 1.807) is 56.7 Å². The third-order valence-electron chi connectivity index (χ3n) is 4.32. The Morgan fingerprint density at radius 1 is 0.759 bits per heavy atom. The molecule has 0 spiro atoms. The SMILES string of the molecule is COc1ccc(OC(C(=O)Nc2ccc(OC)cc2OC)c2ccccc2)cc1. The van der Waals surface area contributed by atoms with Crippen LogP contribution in [0.3, 0.4) is 0 Å². The van der Waals surface area contributed by atoms with E-state index in [4.69, 9.17) is 18.9 Å². The third-order valence-corrected chi connectivity index (χ3v) is 4.32. The summed E-state index contributed by atoms with van der Waals surface area (Å²) in [6.07, 6.45) is -0.851. The molecular formula is C23H23NO5. The quantitative estimate of drug-likeness (QED) is 0.612. The largest absolute Gasteiger partial charge is 0.497 e. The minimum Gasteiger partial charge on any atom is -0.497 e. The molecule has 0 fully saturated rings. The van der Waals surface area contributed by atoms with Gasteiger partial charge in [0.2, 0.25) is 6.10 Å². The van der Waals surface area contributed by atoms with E-state index in [-0.39, 0.29) is 5.91 Å². The van der Waals surface area contributed by atoms with E-state index in [0.717, 1.165) is 5.56 Å². The number of benzene rings is 3. The molecule has 3 rings (SSSR count). The standard InChI is InChI=1S/C23H23NO5/c1-26-17-9-11-18(12-10-17)29-22(16-7-5-4-6-8-16)23(25)24-20-14-13-19(27-2)15-21(20)28-3/h4-15,22H,1-3H3,(H,24,25). The van der Waals surface area contributed by atoms with Crippen LogP contribution >= 0.6 is 0 Å². The molecule has 6 heteroatoms. The van der Waals surface area contributed by atoms with Crippen molar-refractivity contribution in [3.05, 3.63) is 78.4 Å². The monoisotopic (exact) mass is 393 g/mol. The van der Waals surface area contributed by atoms with E-state index in [0.29, 0.717) is 28.7 Å².